The zero-order chi connectivity index (χ0) is 25.6. The van der Waals surface area contributed by atoms with E-state index in [9.17, 15) is 14.4 Å². The van der Waals surface area contributed by atoms with Gasteiger partial charge < -0.3 is 23.9 Å². The molecule has 5 rings (SSSR count). The average molecular weight is 500 g/mol. The molecule has 0 bridgehead atoms. The molecule has 8 heteroatoms. The van der Waals surface area contributed by atoms with Crippen molar-refractivity contribution in [3.63, 3.8) is 0 Å². The molecule has 2 heterocycles. The normalized spacial score (nSPS) is 14.9. The fourth-order valence-electron chi connectivity index (χ4n) is 4.10. The van der Waals surface area contributed by atoms with Gasteiger partial charge in [0.2, 0.25) is 0 Å². The van der Waals surface area contributed by atoms with Crippen molar-refractivity contribution < 1.29 is 28.2 Å². The molecule has 1 aliphatic rings. The van der Waals surface area contributed by atoms with Gasteiger partial charge >= 0.3 is 11.6 Å². The van der Waals surface area contributed by atoms with Crippen LogP contribution in [0.2, 0.25) is 0 Å². The number of carbonyl (C=O) groups is 2. The highest BCUT2D eigenvalue weighted by Crippen LogP contribution is 2.23. The van der Waals surface area contributed by atoms with Crippen LogP contribution in [-0.2, 0) is 9.53 Å². The minimum absolute atomic E-state index is 0.0358. The van der Waals surface area contributed by atoms with Crippen molar-refractivity contribution in [2.24, 2.45) is 0 Å². The minimum Gasteiger partial charge on any atom is -0.482 e. The predicted octanol–water partition coefficient (Wildman–Crippen LogP) is 4.35. The Hall–Kier alpha value is -4.43. The van der Waals surface area contributed by atoms with E-state index >= 15 is 0 Å². The lowest BCUT2D eigenvalue weighted by molar-refractivity contribution is -0.136. The Morgan fingerprint density at radius 1 is 0.919 bits per heavy atom. The van der Waals surface area contributed by atoms with Crippen molar-refractivity contribution in [1.29, 1.82) is 0 Å². The van der Waals surface area contributed by atoms with Crippen molar-refractivity contribution >= 4 is 22.8 Å². The van der Waals surface area contributed by atoms with Crippen LogP contribution in [0, 0.1) is 0 Å². The third kappa shape index (κ3) is 6.05. The van der Waals surface area contributed by atoms with Crippen LogP contribution in [0.5, 0.6) is 11.5 Å². The van der Waals surface area contributed by atoms with Crippen LogP contribution < -0.4 is 20.4 Å². The van der Waals surface area contributed by atoms with Gasteiger partial charge in [0.05, 0.1) is 6.10 Å². The Bertz CT molecular complexity index is 1460. The monoisotopic (exact) mass is 499 g/mol. The summed E-state index contributed by atoms with van der Waals surface area (Å²) in [5, 5.41) is 3.24. The summed E-state index contributed by atoms with van der Waals surface area (Å²) >= 11 is 0. The van der Waals surface area contributed by atoms with E-state index in [1.807, 2.05) is 42.5 Å². The predicted molar refractivity (Wildman–Crippen MR) is 137 cm³/mol. The first-order chi connectivity index (χ1) is 18.0. The van der Waals surface area contributed by atoms with Crippen LogP contribution >= 0.6 is 0 Å². The number of amides is 1. The molecule has 1 aliphatic heterocycles. The molecule has 1 saturated heterocycles. The van der Waals surface area contributed by atoms with Crippen molar-refractivity contribution in [3.05, 3.63) is 94.8 Å². The molecule has 1 atom stereocenters. The highest BCUT2D eigenvalue weighted by Gasteiger charge is 2.19. The maximum atomic E-state index is 12.4. The van der Waals surface area contributed by atoms with Crippen molar-refractivity contribution in [2.45, 2.75) is 18.9 Å². The fraction of sp³-hybridized carbons (Fsp3) is 0.207. The second-order valence-corrected chi connectivity index (χ2v) is 8.65. The summed E-state index contributed by atoms with van der Waals surface area (Å²) in [7, 11) is 0. The fourth-order valence-corrected chi connectivity index (χ4v) is 4.10. The van der Waals surface area contributed by atoms with Crippen molar-refractivity contribution in [2.75, 3.05) is 19.8 Å². The van der Waals surface area contributed by atoms with E-state index in [4.69, 9.17) is 18.6 Å². The molecular formula is C29H25NO7. The number of hydrogen-bond acceptors (Lipinski definition) is 7. The van der Waals surface area contributed by atoms with E-state index in [1.165, 1.54) is 12.1 Å². The Kier molecular flexibility index (Phi) is 7.28. The second-order valence-electron chi connectivity index (χ2n) is 8.65. The van der Waals surface area contributed by atoms with Crippen LogP contribution in [0.4, 0.5) is 0 Å². The SMILES string of the molecule is O=C(COc1ccc(-c2ccccc2)cc1)Oc1ccc2cc(C(=O)NCC3CCCO3)c(=O)oc2c1. The number of fused-ring (bicyclic) bond motifs is 1. The highest BCUT2D eigenvalue weighted by molar-refractivity contribution is 5.96. The van der Waals surface area contributed by atoms with Gasteiger partial charge in [0.25, 0.3) is 5.91 Å². The van der Waals surface area contributed by atoms with E-state index < -0.39 is 17.5 Å². The molecule has 0 spiro atoms. The number of esters is 1. The molecule has 1 amide bonds. The second kappa shape index (κ2) is 11.1. The number of benzene rings is 3. The number of ether oxygens (including phenoxy) is 3. The molecule has 0 saturated carbocycles. The molecule has 1 fully saturated rings. The van der Waals surface area contributed by atoms with Gasteiger partial charge in [-0.2, -0.15) is 0 Å². The van der Waals surface area contributed by atoms with E-state index in [-0.39, 0.29) is 29.6 Å². The van der Waals surface area contributed by atoms with Crippen LogP contribution in [-0.4, -0.2) is 37.7 Å². The highest BCUT2D eigenvalue weighted by atomic mass is 16.6. The average Bonchev–Trinajstić information content (AvgIpc) is 3.45. The third-order valence-corrected chi connectivity index (χ3v) is 6.02. The van der Waals surface area contributed by atoms with Crippen LogP contribution in [0.15, 0.2) is 88.1 Å². The maximum Gasteiger partial charge on any atom is 0.349 e. The quantitative estimate of drug-likeness (QED) is 0.218. The van der Waals surface area contributed by atoms with Crippen molar-refractivity contribution in [1.82, 2.24) is 5.32 Å². The number of hydrogen-bond donors (Lipinski definition) is 1. The summed E-state index contributed by atoms with van der Waals surface area (Å²) < 4.78 is 21.7. The molecule has 8 nitrogen and oxygen atoms in total. The van der Waals surface area contributed by atoms with E-state index in [1.54, 1.807) is 24.3 Å². The molecule has 4 aromatic rings. The summed E-state index contributed by atoms with van der Waals surface area (Å²) in [5.41, 5.74) is 1.45. The molecule has 1 N–H and O–H groups in total. The molecule has 3 aromatic carbocycles. The summed E-state index contributed by atoms with van der Waals surface area (Å²) in [6, 6.07) is 23.4. The van der Waals surface area contributed by atoms with Gasteiger partial charge in [-0.05, 0) is 54.3 Å². The molecule has 0 aliphatic carbocycles. The lowest BCUT2D eigenvalue weighted by atomic mass is 10.1. The zero-order valence-electron chi connectivity index (χ0n) is 20.0. The van der Waals surface area contributed by atoms with Crippen LogP contribution in [0.3, 0.4) is 0 Å². The standard InChI is InChI=1S/C29H25NO7/c31-27(18-35-22-11-8-20(9-12-22)19-5-2-1-3-6-19)36-23-13-10-21-15-25(29(33)37-26(21)16-23)28(32)30-17-24-7-4-14-34-24/h1-3,5-6,8-13,15-16,24H,4,7,14,17-18H2,(H,30,32). The van der Waals surface area contributed by atoms with Gasteiger partial charge in [-0.1, -0.05) is 42.5 Å². The summed E-state index contributed by atoms with van der Waals surface area (Å²) in [5.74, 6) is -0.403. The molecule has 188 valence electrons. The maximum absolute atomic E-state index is 12.4. The van der Waals surface area contributed by atoms with Crippen LogP contribution in [0.1, 0.15) is 23.2 Å². The number of carbonyl (C=O) groups excluding carboxylic acids is 2. The van der Waals surface area contributed by atoms with Gasteiger partial charge in [0.15, 0.2) is 6.61 Å². The first-order valence-electron chi connectivity index (χ1n) is 12.0. The van der Waals surface area contributed by atoms with Gasteiger partial charge in [0, 0.05) is 24.6 Å². The Balaban J connectivity index is 1.18. The van der Waals surface area contributed by atoms with E-state index in [0.717, 1.165) is 24.0 Å². The Labute approximate surface area is 212 Å². The van der Waals surface area contributed by atoms with Crippen LogP contribution in [0.25, 0.3) is 22.1 Å². The van der Waals surface area contributed by atoms with Crippen molar-refractivity contribution in [3.8, 4) is 22.6 Å². The van der Waals surface area contributed by atoms with Gasteiger partial charge in [-0.3, -0.25) is 4.79 Å². The molecule has 0 radical (unpaired) electrons. The van der Waals surface area contributed by atoms with E-state index in [2.05, 4.69) is 5.32 Å². The minimum atomic E-state index is -0.775. The molecular weight excluding hydrogens is 474 g/mol. The lowest BCUT2D eigenvalue weighted by Gasteiger charge is -2.10. The largest absolute Gasteiger partial charge is 0.482 e. The smallest absolute Gasteiger partial charge is 0.349 e. The Morgan fingerprint density at radius 3 is 2.43 bits per heavy atom. The molecule has 37 heavy (non-hydrogen) atoms. The van der Waals surface area contributed by atoms with Gasteiger partial charge in [-0.25, -0.2) is 9.59 Å². The molecule has 1 aromatic heterocycles. The third-order valence-electron chi connectivity index (χ3n) is 6.02. The zero-order valence-corrected chi connectivity index (χ0v) is 20.0. The van der Waals surface area contributed by atoms with E-state index in [0.29, 0.717) is 24.3 Å². The van der Waals surface area contributed by atoms with Gasteiger partial charge in [0.1, 0.15) is 22.6 Å². The number of nitrogens with one attached hydrogen (secondary N) is 1. The Morgan fingerprint density at radius 2 is 1.68 bits per heavy atom. The first-order valence-corrected chi connectivity index (χ1v) is 12.0. The lowest BCUT2D eigenvalue weighted by Crippen LogP contribution is -2.34. The first kappa shape index (κ1) is 24.3. The summed E-state index contributed by atoms with van der Waals surface area (Å²) in [6.45, 7) is 0.723. The topological polar surface area (TPSA) is 104 Å². The summed E-state index contributed by atoms with van der Waals surface area (Å²) in [6.07, 6.45) is 1.80. The number of rotatable bonds is 8. The van der Waals surface area contributed by atoms with Gasteiger partial charge in [-0.15, -0.1) is 0 Å². The molecule has 1 unspecified atom stereocenters. The summed E-state index contributed by atoms with van der Waals surface area (Å²) in [4.78, 5) is 37.1.